The number of hydrogen-bond donors (Lipinski definition) is 0. The lowest BCUT2D eigenvalue weighted by atomic mass is 9.77. The van der Waals surface area contributed by atoms with Gasteiger partial charge in [-0.3, -0.25) is 4.57 Å². The Labute approximate surface area is 363 Å². The van der Waals surface area contributed by atoms with Crippen LogP contribution in [0.15, 0.2) is 140 Å². The maximum Gasteiger partial charge on any atom is 0.137 e. The summed E-state index contributed by atoms with van der Waals surface area (Å²) in [4.78, 5) is 5.12. The van der Waals surface area contributed by atoms with Crippen LogP contribution in [0.1, 0.15) is 129 Å². The Morgan fingerprint density at radius 3 is 1.69 bits per heavy atom. The van der Waals surface area contributed by atoms with Crippen LogP contribution >= 0.6 is 0 Å². The fourth-order valence-electron chi connectivity index (χ4n) is 8.67. The van der Waals surface area contributed by atoms with Crippen LogP contribution in [-0.4, -0.2) is 19.3 Å². The summed E-state index contributed by atoms with van der Waals surface area (Å²) in [5, 5.41) is 7.58. The first kappa shape index (κ1) is 41.8. The van der Waals surface area contributed by atoms with Crippen LogP contribution < -0.4 is 4.74 Å². The third kappa shape index (κ3) is 7.80. The minimum atomic E-state index is -0.241. The van der Waals surface area contributed by atoms with Crippen molar-refractivity contribution < 1.29 is 4.74 Å². The minimum absolute atomic E-state index is 0.0830. The topological polar surface area (TPSA) is 44.9 Å². The highest BCUT2D eigenvalue weighted by molar-refractivity contribution is 6.12. The average molecular weight is 807 g/mol. The maximum absolute atomic E-state index is 6.97. The van der Waals surface area contributed by atoms with Crippen LogP contribution in [0.4, 0.5) is 0 Å². The van der Waals surface area contributed by atoms with Gasteiger partial charge >= 0.3 is 0 Å². The van der Waals surface area contributed by atoms with Crippen molar-refractivity contribution in [1.82, 2.24) is 19.3 Å². The van der Waals surface area contributed by atoms with E-state index in [0.29, 0.717) is 0 Å². The van der Waals surface area contributed by atoms with Gasteiger partial charge in [0.1, 0.15) is 17.3 Å². The molecule has 61 heavy (non-hydrogen) atoms. The lowest BCUT2D eigenvalue weighted by Crippen LogP contribution is -2.19. The minimum Gasteiger partial charge on any atom is -0.457 e. The Bertz CT molecular complexity index is 2870. The van der Waals surface area contributed by atoms with Gasteiger partial charge in [-0.1, -0.05) is 163 Å². The number of fused-ring (bicyclic) bond motifs is 3. The highest BCUT2D eigenvalue weighted by Gasteiger charge is 2.30. The number of rotatable bonds is 8. The van der Waals surface area contributed by atoms with Gasteiger partial charge in [0.15, 0.2) is 0 Å². The van der Waals surface area contributed by atoms with Crippen molar-refractivity contribution in [2.24, 2.45) is 0 Å². The molecule has 0 N–H and O–H groups in total. The van der Waals surface area contributed by atoms with Gasteiger partial charge in [0, 0.05) is 56.5 Å². The molecule has 0 saturated heterocycles. The van der Waals surface area contributed by atoms with Crippen LogP contribution in [0.5, 0.6) is 11.5 Å². The van der Waals surface area contributed by atoms with Gasteiger partial charge in [0.05, 0.1) is 22.4 Å². The van der Waals surface area contributed by atoms with Gasteiger partial charge in [-0.05, 0) is 81.8 Å². The highest BCUT2D eigenvalue weighted by atomic mass is 16.5. The van der Waals surface area contributed by atoms with E-state index < -0.39 is 0 Å². The van der Waals surface area contributed by atoms with Crippen molar-refractivity contribution in [3.8, 4) is 23.0 Å². The van der Waals surface area contributed by atoms with E-state index in [-0.39, 0.29) is 27.1 Å². The summed E-state index contributed by atoms with van der Waals surface area (Å²) in [6, 6.07) is 48.1. The number of aromatic nitrogens is 4. The summed E-state index contributed by atoms with van der Waals surface area (Å²) >= 11 is 0. The van der Waals surface area contributed by atoms with Crippen LogP contribution in [0, 0.1) is 0 Å². The van der Waals surface area contributed by atoms with Gasteiger partial charge in [-0.15, -0.1) is 0 Å². The van der Waals surface area contributed by atoms with E-state index in [9.17, 15) is 0 Å². The molecular formula is C56H62N4O. The van der Waals surface area contributed by atoms with Crippen LogP contribution in [0.3, 0.4) is 0 Å². The maximum atomic E-state index is 6.97. The van der Waals surface area contributed by atoms with Crippen LogP contribution in [0.25, 0.3) is 33.3 Å². The molecule has 3 aromatic heterocycles. The number of nitrogens with zero attached hydrogens (tertiary/aromatic N) is 4. The van der Waals surface area contributed by atoms with Gasteiger partial charge in [-0.25, -0.2) is 9.67 Å². The molecule has 0 aliphatic rings. The first-order chi connectivity index (χ1) is 28.6. The van der Waals surface area contributed by atoms with Crippen LogP contribution in [0.2, 0.25) is 0 Å². The summed E-state index contributed by atoms with van der Waals surface area (Å²) in [5.41, 5.74) is 10.7. The van der Waals surface area contributed by atoms with E-state index in [1.54, 1.807) is 0 Å². The van der Waals surface area contributed by atoms with Crippen molar-refractivity contribution in [2.75, 3.05) is 0 Å². The first-order valence-electron chi connectivity index (χ1n) is 21.7. The molecule has 0 spiro atoms. The Kier molecular flexibility index (Phi) is 10.2. The van der Waals surface area contributed by atoms with Crippen molar-refractivity contribution in [3.05, 3.63) is 179 Å². The first-order valence-corrected chi connectivity index (χ1v) is 21.7. The highest BCUT2D eigenvalue weighted by Crippen LogP contribution is 2.45. The molecule has 3 heterocycles. The molecule has 0 unspecified atom stereocenters. The van der Waals surface area contributed by atoms with E-state index in [2.05, 4.69) is 227 Å². The predicted molar refractivity (Wildman–Crippen MR) is 255 cm³/mol. The van der Waals surface area contributed by atoms with E-state index in [4.69, 9.17) is 14.8 Å². The van der Waals surface area contributed by atoms with Gasteiger partial charge in [0.25, 0.3) is 0 Å². The lowest BCUT2D eigenvalue weighted by Gasteiger charge is -2.27. The molecule has 5 heteroatoms. The van der Waals surface area contributed by atoms with Crippen molar-refractivity contribution in [3.63, 3.8) is 0 Å². The molecule has 5 nitrogen and oxygen atoms in total. The smallest absolute Gasteiger partial charge is 0.137 e. The average Bonchev–Trinajstić information content (AvgIpc) is 3.82. The Morgan fingerprint density at radius 2 is 1.10 bits per heavy atom. The second kappa shape index (κ2) is 14.9. The molecule has 0 saturated carbocycles. The largest absolute Gasteiger partial charge is 0.457 e. The molecule has 0 fully saturated rings. The Balaban J connectivity index is 1.35. The van der Waals surface area contributed by atoms with Crippen molar-refractivity contribution >= 4 is 21.8 Å². The molecular weight excluding hydrogens is 745 g/mol. The predicted octanol–water partition coefficient (Wildman–Crippen LogP) is 14.7. The fraction of sp³-hybridized carbons (Fsp3) is 0.321. The number of benzene rings is 5. The summed E-state index contributed by atoms with van der Waals surface area (Å²) < 4.78 is 11.4. The molecule has 0 radical (unpaired) electrons. The molecule has 0 amide bonds. The van der Waals surface area contributed by atoms with Crippen LogP contribution in [-0.2, 0) is 27.1 Å². The zero-order valence-electron chi connectivity index (χ0n) is 38.5. The van der Waals surface area contributed by atoms with E-state index >= 15 is 0 Å². The normalized spacial score (nSPS) is 13.0. The fourth-order valence-corrected chi connectivity index (χ4v) is 8.67. The van der Waals surface area contributed by atoms with Crippen molar-refractivity contribution in [2.45, 2.75) is 117 Å². The van der Waals surface area contributed by atoms with E-state index in [0.717, 1.165) is 45.4 Å². The van der Waals surface area contributed by atoms with Gasteiger partial charge < -0.3 is 4.74 Å². The monoisotopic (exact) mass is 806 g/mol. The third-order valence-corrected chi connectivity index (χ3v) is 12.6. The number of ether oxygens (including phenoxy) is 1. The third-order valence-electron chi connectivity index (χ3n) is 12.6. The standard InChI is InChI=1S/C56H62N4O/c1-52(2,3)45-34-43(61-42-26-20-25-41(33-42)60-49(54(7,8)9)36-48(58-60)53(4,5)6)35-47-51(45)44-31-39(55(10,11)37-21-16-14-17-22-37)27-28-46(44)59(47)50-32-40(29-30-57-50)56(12,13)38-23-18-15-19-24-38/h14-36H,1-13H3. The lowest BCUT2D eigenvalue weighted by molar-refractivity contribution is 0.478. The molecule has 0 atom stereocenters. The molecule has 8 aromatic rings. The van der Waals surface area contributed by atoms with Crippen molar-refractivity contribution in [1.29, 1.82) is 0 Å². The Hall–Kier alpha value is -5.94. The van der Waals surface area contributed by atoms with E-state index in [1.165, 1.54) is 38.6 Å². The second-order valence-corrected chi connectivity index (χ2v) is 21.0. The summed E-state index contributed by atoms with van der Waals surface area (Å²) in [7, 11) is 0. The zero-order chi connectivity index (χ0) is 43.7. The van der Waals surface area contributed by atoms with Gasteiger partial charge in [-0.2, -0.15) is 5.10 Å². The summed E-state index contributed by atoms with van der Waals surface area (Å²) in [5.74, 6) is 2.40. The van der Waals surface area contributed by atoms with Gasteiger partial charge in [0.2, 0.25) is 0 Å². The summed E-state index contributed by atoms with van der Waals surface area (Å²) in [6.07, 6.45) is 1.96. The molecule has 5 aromatic carbocycles. The zero-order valence-corrected chi connectivity index (χ0v) is 38.5. The number of hydrogen-bond acceptors (Lipinski definition) is 3. The second-order valence-electron chi connectivity index (χ2n) is 21.0. The molecule has 312 valence electrons. The SMILES string of the molecule is CC(C)(C)c1cc(C(C)(C)C)n(-c2cccc(Oc3cc(C(C)(C)C)c4c5cc(C(C)(C)c6ccccc6)ccc5n(-c5cc(C(C)(C)c6ccccc6)ccn5)c4c3)c2)n1. The number of pyridine rings is 1. The van der Waals surface area contributed by atoms with E-state index in [1.807, 2.05) is 12.3 Å². The molecule has 0 aliphatic carbocycles. The Morgan fingerprint density at radius 1 is 0.475 bits per heavy atom. The quantitative estimate of drug-likeness (QED) is 0.154. The summed E-state index contributed by atoms with van der Waals surface area (Å²) in [6.45, 7) is 29.5. The molecule has 8 rings (SSSR count). The molecule has 0 aliphatic heterocycles. The molecule has 0 bridgehead atoms.